The Labute approximate surface area is 260 Å². The molecule has 0 spiro atoms. The van der Waals surface area contributed by atoms with E-state index >= 15 is 0 Å². The molecule has 10 heteroatoms. The summed E-state index contributed by atoms with van der Waals surface area (Å²) in [5.74, 6) is 2.31. The molecule has 238 valence electrons. The van der Waals surface area contributed by atoms with Crippen LogP contribution in [0.1, 0.15) is 79.6 Å². The Kier molecular flexibility index (Phi) is 11.9. The van der Waals surface area contributed by atoms with Gasteiger partial charge in [-0.15, -0.1) is 0 Å². The quantitative estimate of drug-likeness (QED) is 0.145. The summed E-state index contributed by atoms with van der Waals surface area (Å²) in [5.41, 5.74) is 3.50. The van der Waals surface area contributed by atoms with Crippen molar-refractivity contribution in [3.05, 3.63) is 71.5 Å². The first kappa shape index (κ1) is 33.1. The second-order valence-electron chi connectivity index (χ2n) is 11.4. The number of benzene rings is 2. The van der Waals surface area contributed by atoms with Gasteiger partial charge in [0, 0.05) is 35.2 Å². The van der Waals surface area contributed by atoms with E-state index in [-0.39, 0.29) is 36.6 Å². The van der Waals surface area contributed by atoms with Crippen LogP contribution in [0.2, 0.25) is 0 Å². The van der Waals surface area contributed by atoms with Crippen LogP contribution in [0.4, 0.5) is 5.69 Å². The summed E-state index contributed by atoms with van der Waals surface area (Å²) in [6.07, 6.45) is 7.72. The Bertz CT molecular complexity index is 1470. The minimum absolute atomic E-state index is 0.0505. The van der Waals surface area contributed by atoms with Crippen LogP contribution in [-0.2, 0) is 19.4 Å². The lowest BCUT2D eigenvalue weighted by molar-refractivity contribution is -0.142. The van der Waals surface area contributed by atoms with Crippen molar-refractivity contribution < 1.29 is 31.9 Å². The molecule has 4 rings (SSSR count). The molecule has 2 N–H and O–H groups in total. The highest BCUT2D eigenvalue weighted by Gasteiger charge is 2.28. The Hall–Kier alpha value is -3.79. The number of furan rings is 1. The van der Waals surface area contributed by atoms with E-state index in [9.17, 15) is 18.0 Å². The third kappa shape index (κ3) is 9.87. The van der Waals surface area contributed by atoms with E-state index in [0.717, 1.165) is 41.2 Å². The molecule has 1 heterocycles. The molecule has 0 aliphatic heterocycles. The van der Waals surface area contributed by atoms with Crippen molar-refractivity contribution in [3.63, 3.8) is 0 Å². The topological polar surface area (TPSA) is 124 Å². The summed E-state index contributed by atoms with van der Waals surface area (Å²) in [4.78, 5) is 24.1. The molecule has 1 aliphatic rings. The number of esters is 1. The van der Waals surface area contributed by atoms with E-state index < -0.39 is 9.84 Å². The van der Waals surface area contributed by atoms with Crippen LogP contribution in [-0.4, -0.2) is 52.1 Å². The Morgan fingerprint density at radius 2 is 1.73 bits per heavy atom. The number of carbonyl (C=O) groups excluding carboxylic acids is 2. The number of anilines is 1. The van der Waals surface area contributed by atoms with Crippen LogP contribution >= 0.6 is 0 Å². The van der Waals surface area contributed by atoms with Gasteiger partial charge < -0.3 is 24.5 Å². The molecular weight excluding hydrogens is 580 g/mol. The molecule has 1 aliphatic carbocycles. The predicted molar refractivity (Wildman–Crippen MR) is 172 cm³/mol. The van der Waals surface area contributed by atoms with E-state index in [2.05, 4.69) is 16.7 Å². The Morgan fingerprint density at radius 1 is 1.02 bits per heavy atom. The molecule has 1 unspecified atom stereocenters. The first-order chi connectivity index (χ1) is 21.1. The Morgan fingerprint density at radius 3 is 2.39 bits per heavy atom. The Balaban J connectivity index is 1.43. The molecule has 0 saturated heterocycles. The fourth-order valence-electron chi connectivity index (χ4n) is 5.60. The van der Waals surface area contributed by atoms with Gasteiger partial charge in [-0.05, 0) is 93.6 Å². The fraction of sp³-hybridized carbons (Fsp3) is 0.471. The molecule has 0 bridgehead atoms. The standard InChI is InChI=1S/C34H44N2O7S/c1-4-41-32(37)19-20-35-34(38)27-11-15-28(16-12-27)36-33(26-9-6-5-7-10-26)30-23-31(43-24(30)2)25-13-17-29(18-14-25)42-21-8-22-44(3,39)40/h11-18,23,26,33,36H,4-10,19-22H2,1-3H3,(H,35,38). The van der Waals surface area contributed by atoms with Gasteiger partial charge in [-0.25, -0.2) is 8.42 Å². The van der Waals surface area contributed by atoms with Crippen molar-refractivity contribution in [2.75, 3.05) is 37.1 Å². The third-order valence-electron chi connectivity index (χ3n) is 7.87. The van der Waals surface area contributed by atoms with Crippen molar-refractivity contribution in [2.45, 2.75) is 64.8 Å². The van der Waals surface area contributed by atoms with Crippen molar-refractivity contribution in [3.8, 4) is 17.1 Å². The van der Waals surface area contributed by atoms with Gasteiger partial charge in [0.1, 0.15) is 27.1 Å². The number of sulfone groups is 1. The highest BCUT2D eigenvalue weighted by Crippen LogP contribution is 2.40. The smallest absolute Gasteiger partial charge is 0.307 e. The van der Waals surface area contributed by atoms with Crippen molar-refractivity contribution >= 4 is 27.4 Å². The molecule has 1 fully saturated rings. The van der Waals surface area contributed by atoms with Crippen LogP contribution < -0.4 is 15.4 Å². The predicted octanol–water partition coefficient (Wildman–Crippen LogP) is 6.49. The van der Waals surface area contributed by atoms with Gasteiger partial charge in [-0.1, -0.05) is 19.3 Å². The molecule has 44 heavy (non-hydrogen) atoms. The minimum Gasteiger partial charge on any atom is -0.494 e. The van der Waals surface area contributed by atoms with Crippen LogP contribution in [0.15, 0.2) is 59.0 Å². The highest BCUT2D eigenvalue weighted by atomic mass is 32.2. The first-order valence-corrected chi connectivity index (χ1v) is 17.5. The largest absolute Gasteiger partial charge is 0.494 e. The maximum absolute atomic E-state index is 12.6. The molecule has 2 aromatic carbocycles. The molecule has 1 saturated carbocycles. The SMILES string of the molecule is CCOC(=O)CCNC(=O)c1ccc(NC(c2cc(-c3ccc(OCCCS(C)(=O)=O)cc3)oc2C)C2CCCCC2)cc1. The van der Waals surface area contributed by atoms with Crippen LogP contribution in [0.3, 0.4) is 0 Å². The van der Waals surface area contributed by atoms with E-state index in [4.69, 9.17) is 13.9 Å². The normalized spacial score (nSPS) is 14.5. The lowest BCUT2D eigenvalue weighted by atomic mass is 9.81. The van der Waals surface area contributed by atoms with Gasteiger partial charge in [0.15, 0.2) is 0 Å². The first-order valence-electron chi connectivity index (χ1n) is 15.4. The zero-order chi connectivity index (χ0) is 31.5. The number of carbonyl (C=O) groups is 2. The van der Waals surface area contributed by atoms with Gasteiger partial charge in [-0.2, -0.15) is 0 Å². The van der Waals surface area contributed by atoms with Gasteiger partial charge >= 0.3 is 5.97 Å². The number of nitrogens with one attached hydrogen (secondary N) is 2. The summed E-state index contributed by atoms with van der Waals surface area (Å²) >= 11 is 0. The zero-order valence-electron chi connectivity index (χ0n) is 25.9. The van der Waals surface area contributed by atoms with Crippen LogP contribution in [0, 0.1) is 12.8 Å². The van der Waals surface area contributed by atoms with Crippen LogP contribution in [0.5, 0.6) is 5.75 Å². The molecule has 1 atom stereocenters. The number of hydrogen-bond donors (Lipinski definition) is 2. The number of aryl methyl sites for hydroxylation is 1. The summed E-state index contributed by atoms with van der Waals surface area (Å²) in [5, 5.41) is 6.51. The van der Waals surface area contributed by atoms with E-state index in [1.54, 1.807) is 19.1 Å². The van der Waals surface area contributed by atoms with Crippen LogP contribution in [0.25, 0.3) is 11.3 Å². The van der Waals surface area contributed by atoms with E-state index in [1.165, 1.54) is 25.5 Å². The number of amides is 1. The maximum atomic E-state index is 12.6. The average Bonchev–Trinajstić information content (AvgIpc) is 3.39. The summed E-state index contributed by atoms with van der Waals surface area (Å²) < 4.78 is 39.6. The molecule has 0 radical (unpaired) electrons. The van der Waals surface area contributed by atoms with Crippen molar-refractivity contribution in [1.82, 2.24) is 5.32 Å². The van der Waals surface area contributed by atoms with Crippen molar-refractivity contribution in [2.24, 2.45) is 5.92 Å². The maximum Gasteiger partial charge on any atom is 0.307 e. The molecule has 3 aromatic rings. The van der Waals surface area contributed by atoms with Crippen molar-refractivity contribution in [1.29, 1.82) is 0 Å². The van der Waals surface area contributed by atoms with Gasteiger partial charge in [0.25, 0.3) is 5.91 Å². The molecule has 9 nitrogen and oxygen atoms in total. The summed E-state index contributed by atoms with van der Waals surface area (Å²) in [7, 11) is -3.00. The monoisotopic (exact) mass is 624 g/mol. The second-order valence-corrected chi connectivity index (χ2v) is 13.6. The number of hydrogen-bond acceptors (Lipinski definition) is 8. The fourth-order valence-corrected chi connectivity index (χ4v) is 6.24. The molecular formula is C34H44N2O7S. The zero-order valence-corrected chi connectivity index (χ0v) is 26.7. The van der Waals surface area contributed by atoms with Gasteiger partial charge in [0.2, 0.25) is 0 Å². The van der Waals surface area contributed by atoms with E-state index in [0.29, 0.717) is 36.9 Å². The highest BCUT2D eigenvalue weighted by molar-refractivity contribution is 7.90. The summed E-state index contributed by atoms with van der Waals surface area (Å²) in [6, 6.07) is 17.2. The molecule has 1 aromatic heterocycles. The third-order valence-corrected chi connectivity index (χ3v) is 8.90. The molecule has 1 amide bonds. The van der Waals surface area contributed by atoms with Gasteiger partial charge in [0.05, 0.1) is 31.4 Å². The second kappa shape index (κ2) is 15.8. The van der Waals surface area contributed by atoms with E-state index in [1.807, 2.05) is 43.3 Å². The lowest BCUT2D eigenvalue weighted by Crippen LogP contribution is -2.26. The summed E-state index contributed by atoms with van der Waals surface area (Å²) in [6.45, 7) is 4.64. The number of rotatable bonds is 15. The average molecular weight is 625 g/mol. The number of ether oxygens (including phenoxy) is 2. The minimum atomic E-state index is -3.00. The van der Waals surface area contributed by atoms with Gasteiger partial charge in [-0.3, -0.25) is 9.59 Å². The lowest BCUT2D eigenvalue weighted by Gasteiger charge is -2.31.